The minimum atomic E-state index is -0.209. The number of fused-ring (bicyclic) bond motifs is 1. The largest absolute Gasteiger partial charge is 0.315 e. The van der Waals surface area contributed by atoms with E-state index in [1.807, 2.05) is 0 Å². The summed E-state index contributed by atoms with van der Waals surface area (Å²) in [5, 5.41) is 7.29. The molecule has 0 bridgehead atoms. The summed E-state index contributed by atoms with van der Waals surface area (Å²) in [5.74, 6) is 0.681. The maximum absolute atomic E-state index is 11.8. The molecule has 0 saturated carbocycles. The van der Waals surface area contributed by atoms with Crippen LogP contribution in [0, 0.1) is 0 Å². The molecule has 1 N–H and O–H groups in total. The Morgan fingerprint density at radius 3 is 3.25 bits per heavy atom. The SMILES string of the molecule is O=C1CCNCC1c1nccc2ncnn12. The molecular weight excluding hydrogens is 206 g/mol. The van der Waals surface area contributed by atoms with E-state index >= 15 is 0 Å². The molecule has 3 rings (SSSR count). The van der Waals surface area contributed by atoms with Gasteiger partial charge in [0.2, 0.25) is 0 Å². The number of nitrogens with one attached hydrogen (secondary N) is 1. The first kappa shape index (κ1) is 9.41. The number of piperidine rings is 1. The Bertz CT molecular complexity index is 535. The van der Waals surface area contributed by atoms with Gasteiger partial charge in [0.15, 0.2) is 5.65 Å². The first-order chi connectivity index (χ1) is 7.86. The van der Waals surface area contributed by atoms with Crippen molar-refractivity contribution in [1.82, 2.24) is 24.9 Å². The van der Waals surface area contributed by atoms with Crippen LogP contribution >= 0.6 is 0 Å². The third-order valence-electron chi connectivity index (χ3n) is 2.82. The summed E-state index contributed by atoms with van der Waals surface area (Å²) in [6.45, 7) is 1.38. The van der Waals surface area contributed by atoms with E-state index in [0.29, 0.717) is 18.8 Å². The molecule has 0 aromatic carbocycles. The molecule has 1 saturated heterocycles. The molecule has 6 nitrogen and oxygen atoms in total. The van der Waals surface area contributed by atoms with Crippen molar-refractivity contribution in [2.75, 3.05) is 13.1 Å². The predicted molar refractivity (Wildman–Crippen MR) is 56.0 cm³/mol. The fourth-order valence-corrected chi connectivity index (χ4v) is 1.99. The summed E-state index contributed by atoms with van der Waals surface area (Å²) in [7, 11) is 0. The van der Waals surface area contributed by atoms with Gasteiger partial charge in [-0.3, -0.25) is 4.79 Å². The van der Waals surface area contributed by atoms with Crippen LogP contribution in [0.25, 0.3) is 5.65 Å². The van der Waals surface area contributed by atoms with Crippen molar-refractivity contribution in [3.05, 3.63) is 24.4 Å². The Kier molecular flexibility index (Phi) is 2.14. The van der Waals surface area contributed by atoms with Crippen LogP contribution in [0.4, 0.5) is 0 Å². The van der Waals surface area contributed by atoms with E-state index in [0.717, 1.165) is 12.2 Å². The van der Waals surface area contributed by atoms with Crippen molar-refractivity contribution in [3.8, 4) is 0 Å². The number of carbonyl (C=O) groups is 1. The van der Waals surface area contributed by atoms with Crippen molar-refractivity contribution in [1.29, 1.82) is 0 Å². The maximum Gasteiger partial charge on any atom is 0.158 e. The lowest BCUT2D eigenvalue weighted by Gasteiger charge is -2.20. The van der Waals surface area contributed by atoms with E-state index in [4.69, 9.17) is 0 Å². The third-order valence-corrected chi connectivity index (χ3v) is 2.82. The van der Waals surface area contributed by atoms with Crippen molar-refractivity contribution >= 4 is 11.4 Å². The third kappa shape index (κ3) is 1.38. The zero-order valence-corrected chi connectivity index (χ0v) is 8.63. The molecule has 2 aromatic heterocycles. The summed E-state index contributed by atoms with van der Waals surface area (Å²) in [4.78, 5) is 20.2. The van der Waals surface area contributed by atoms with Crippen molar-refractivity contribution in [3.63, 3.8) is 0 Å². The second-order valence-electron chi connectivity index (χ2n) is 3.81. The molecule has 1 aliphatic heterocycles. The fourth-order valence-electron chi connectivity index (χ4n) is 1.99. The zero-order valence-electron chi connectivity index (χ0n) is 8.63. The van der Waals surface area contributed by atoms with Gasteiger partial charge in [0.05, 0.1) is 5.92 Å². The monoisotopic (exact) mass is 217 g/mol. The number of hydrogen-bond acceptors (Lipinski definition) is 5. The summed E-state index contributed by atoms with van der Waals surface area (Å²) in [6.07, 6.45) is 3.69. The number of carbonyl (C=O) groups excluding carboxylic acids is 1. The van der Waals surface area contributed by atoms with Crippen LogP contribution in [0.5, 0.6) is 0 Å². The Balaban J connectivity index is 2.10. The van der Waals surface area contributed by atoms with E-state index < -0.39 is 0 Å². The van der Waals surface area contributed by atoms with Gasteiger partial charge in [-0.1, -0.05) is 0 Å². The molecule has 0 amide bonds. The molecule has 0 spiro atoms. The van der Waals surface area contributed by atoms with Crippen LogP contribution in [0.3, 0.4) is 0 Å². The molecule has 1 unspecified atom stereocenters. The van der Waals surface area contributed by atoms with Gasteiger partial charge < -0.3 is 5.32 Å². The van der Waals surface area contributed by atoms with Crippen LogP contribution in [0.2, 0.25) is 0 Å². The highest BCUT2D eigenvalue weighted by atomic mass is 16.1. The molecule has 3 heterocycles. The van der Waals surface area contributed by atoms with Crippen LogP contribution in [-0.2, 0) is 4.79 Å². The molecule has 1 atom stereocenters. The lowest BCUT2D eigenvalue weighted by Crippen LogP contribution is -2.36. The molecule has 0 aliphatic carbocycles. The summed E-state index contributed by atoms with van der Waals surface area (Å²) < 4.78 is 1.63. The fraction of sp³-hybridized carbons (Fsp3) is 0.400. The molecule has 16 heavy (non-hydrogen) atoms. The molecule has 2 aromatic rings. The van der Waals surface area contributed by atoms with Crippen molar-refractivity contribution in [2.45, 2.75) is 12.3 Å². The average Bonchev–Trinajstić information content (AvgIpc) is 2.77. The summed E-state index contributed by atoms with van der Waals surface area (Å²) in [6, 6.07) is 1.78. The van der Waals surface area contributed by atoms with Gasteiger partial charge in [0.25, 0.3) is 0 Å². The Labute approximate surface area is 91.7 Å². The van der Waals surface area contributed by atoms with Gasteiger partial charge in [0.1, 0.15) is 17.9 Å². The zero-order chi connectivity index (χ0) is 11.0. The predicted octanol–water partition coefficient (Wildman–Crippen LogP) is -0.230. The van der Waals surface area contributed by atoms with E-state index in [1.54, 1.807) is 16.8 Å². The lowest BCUT2D eigenvalue weighted by molar-refractivity contribution is -0.121. The highest BCUT2D eigenvalue weighted by Gasteiger charge is 2.27. The van der Waals surface area contributed by atoms with Gasteiger partial charge in [-0.25, -0.2) is 9.97 Å². The topological polar surface area (TPSA) is 72.2 Å². The minimum Gasteiger partial charge on any atom is -0.315 e. The number of Topliss-reactive ketones (excluding diaryl/α,β-unsaturated/α-hetero) is 1. The standard InChI is InChI=1S/C10H11N5O/c16-8-1-3-11-5-7(8)10-12-4-2-9-13-6-14-15(9)10/h2,4,6-7,11H,1,3,5H2. The highest BCUT2D eigenvalue weighted by Crippen LogP contribution is 2.18. The molecule has 6 heteroatoms. The van der Waals surface area contributed by atoms with Crippen LogP contribution in [0.1, 0.15) is 18.2 Å². The second kappa shape index (κ2) is 3.64. The smallest absolute Gasteiger partial charge is 0.158 e. The average molecular weight is 217 g/mol. The number of nitrogens with zero attached hydrogens (tertiary/aromatic N) is 4. The summed E-state index contributed by atoms with van der Waals surface area (Å²) in [5.41, 5.74) is 0.725. The Hall–Kier alpha value is -1.82. The van der Waals surface area contributed by atoms with Crippen LogP contribution < -0.4 is 5.32 Å². The molecular formula is C10H11N5O. The molecule has 0 radical (unpaired) electrons. The normalized spacial score (nSPS) is 21.5. The van der Waals surface area contributed by atoms with Gasteiger partial charge in [0, 0.05) is 31.8 Å². The molecule has 1 fully saturated rings. The highest BCUT2D eigenvalue weighted by molar-refractivity contribution is 5.86. The Morgan fingerprint density at radius 1 is 1.44 bits per heavy atom. The van der Waals surface area contributed by atoms with Crippen LogP contribution in [-0.4, -0.2) is 38.5 Å². The number of aromatic nitrogens is 4. The minimum absolute atomic E-state index is 0.209. The van der Waals surface area contributed by atoms with E-state index in [-0.39, 0.29) is 11.7 Å². The van der Waals surface area contributed by atoms with Crippen molar-refractivity contribution < 1.29 is 4.79 Å². The quantitative estimate of drug-likeness (QED) is 0.714. The van der Waals surface area contributed by atoms with Crippen molar-refractivity contribution in [2.24, 2.45) is 0 Å². The number of ketones is 1. The van der Waals surface area contributed by atoms with E-state index in [1.165, 1.54) is 6.33 Å². The Morgan fingerprint density at radius 2 is 2.38 bits per heavy atom. The van der Waals surface area contributed by atoms with E-state index in [9.17, 15) is 4.79 Å². The molecule has 82 valence electrons. The molecule has 1 aliphatic rings. The maximum atomic E-state index is 11.8. The van der Waals surface area contributed by atoms with Crippen LogP contribution in [0.15, 0.2) is 18.6 Å². The van der Waals surface area contributed by atoms with Gasteiger partial charge >= 0.3 is 0 Å². The van der Waals surface area contributed by atoms with Gasteiger partial charge in [-0.15, -0.1) is 0 Å². The summed E-state index contributed by atoms with van der Waals surface area (Å²) >= 11 is 0. The number of rotatable bonds is 1. The van der Waals surface area contributed by atoms with Gasteiger partial charge in [-0.2, -0.15) is 9.61 Å². The van der Waals surface area contributed by atoms with E-state index in [2.05, 4.69) is 20.4 Å². The first-order valence-corrected chi connectivity index (χ1v) is 5.24. The first-order valence-electron chi connectivity index (χ1n) is 5.24. The lowest BCUT2D eigenvalue weighted by atomic mass is 9.97. The van der Waals surface area contributed by atoms with Gasteiger partial charge in [-0.05, 0) is 0 Å². The second-order valence-corrected chi connectivity index (χ2v) is 3.81. The number of hydrogen-bond donors (Lipinski definition) is 1.